The van der Waals surface area contributed by atoms with Crippen LogP contribution in [0.3, 0.4) is 0 Å². The van der Waals surface area contributed by atoms with E-state index in [1.807, 2.05) is 31.2 Å². The minimum Gasteiger partial charge on any atom is -0.495 e. The molecule has 1 amide bonds. The van der Waals surface area contributed by atoms with Crippen LogP contribution >= 0.6 is 0 Å². The van der Waals surface area contributed by atoms with E-state index in [4.69, 9.17) is 4.74 Å². The quantitative estimate of drug-likeness (QED) is 0.851. The highest BCUT2D eigenvalue weighted by molar-refractivity contribution is 7.89. The Morgan fingerprint density at radius 2 is 1.89 bits per heavy atom. The number of nitrogens with zero attached hydrogens (tertiary/aromatic N) is 1. The van der Waals surface area contributed by atoms with Gasteiger partial charge >= 0.3 is 0 Å². The Labute approximate surface area is 160 Å². The minimum absolute atomic E-state index is 0.145. The average Bonchev–Trinajstić information content (AvgIpc) is 3.12. The van der Waals surface area contributed by atoms with Gasteiger partial charge in [0.25, 0.3) is 0 Å². The van der Waals surface area contributed by atoms with Crippen molar-refractivity contribution < 1.29 is 17.9 Å². The number of aryl methyl sites for hydroxylation is 1. The van der Waals surface area contributed by atoms with E-state index < -0.39 is 10.0 Å². The van der Waals surface area contributed by atoms with Crippen molar-refractivity contribution in [3.8, 4) is 5.75 Å². The molecule has 1 heterocycles. The zero-order valence-corrected chi connectivity index (χ0v) is 16.5. The lowest BCUT2D eigenvalue weighted by Crippen LogP contribution is -2.30. The average molecular weight is 388 g/mol. The summed E-state index contributed by atoms with van der Waals surface area (Å²) >= 11 is 0. The molecular formula is C20H24N2O4S. The van der Waals surface area contributed by atoms with Gasteiger partial charge in [0, 0.05) is 13.5 Å². The summed E-state index contributed by atoms with van der Waals surface area (Å²) in [6, 6.07) is 12.3. The zero-order chi connectivity index (χ0) is 19.6. The van der Waals surface area contributed by atoms with Crippen LogP contribution < -0.4 is 10.1 Å². The van der Waals surface area contributed by atoms with Crippen LogP contribution in [0.5, 0.6) is 5.75 Å². The summed E-state index contributed by atoms with van der Waals surface area (Å²) in [7, 11) is -2.23. The number of nitrogens with one attached hydrogen (secondary N) is 1. The zero-order valence-electron chi connectivity index (χ0n) is 15.7. The Morgan fingerprint density at radius 3 is 2.52 bits per heavy atom. The van der Waals surface area contributed by atoms with Gasteiger partial charge in [-0.05, 0) is 43.5 Å². The Bertz CT molecular complexity index is 939. The maximum absolute atomic E-state index is 13.3. The second-order valence-electron chi connectivity index (χ2n) is 6.73. The Balaban J connectivity index is 1.97. The van der Waals surface area contributed by atoms with Crippen molar-refractivity contribution in [1.29, 1.82) is 0 Å². The van der Waals surface area contributed by atoms with Crippen LogP contribution in [-0.4, -0.2) is 32.3 Å². The van der Waals surface area contributed by atoms with Gasteiger partial charge in [0.1, 0.15) is 5.75 Å². The topological polar surface area (TPSA) is 75.7 Å². The second kappa shape index (κ2) is 7.70. The molecule has 144 valence electrons. The molecule has 0 aromatic heterocycles. The summed E-state index contributed by atoms with van der Waals surface area (Å²) in [5, 5.41) is 2.63. The van der Waals surface area contributed by atoms with Crippen molar-refractivity contribution in [1.82, 2.24) is 4.31 Å². The number of hydrogen-bond acceptors (Lipinski definition) is 4. The molecule has 1 aliphatic heterocycles. The molecule has 1 unspecified atom stereocenters. The van der Waals surface area contributed by atoms with Gasteiger partial charge in [-0.3, -0.25) is 4.79 Å². The van der Waals surface area contributed by atoms with E-state index in [1.54, 1.807) is 10.4 Å². The fourth-order valence-electron chi connectivity index (χ4n) is 3.42. The number of methoxy groups -OCH3 is 1. The summed E-state index contributed by atoms with van der Waals surface area (Å²) in [4.78, 5) is 11.6. The van der Waals surface area contributed by atoms with Crippen LogP contribution in [0.15, 0.2) is 47.4 Å². The number of hydrogen-bond donors (Lipinski definition) is 1. The van der Waals surface area contributed by atoms with Gasteiger partial charge in [-0.15, -0.1) is 0 Å². The molecule has 1 saturated heterocycles. The number of rotatable bonds is 5. The van der Waals surface area contributed by atoms with Crippen LogP contribution in [-0.2, 0) is 14.8 Å². The number of carbonyl (C=O) groups excluding carboxylic acids is 1. The standard InChI is InChI=1S/C20H24N2O4S/c1-14-6-8-16(9-7-14)19-5-4-12-22(19)27(24,25)17-10-11-20(26-3)18(13-17)21-15(2)23/h6-11,13,19H,4-5,12H2,1-3H3,(H,21,23). The van der Waals surface area contributed by atoms with Crippen LogP contribution in [0.4, 0.5) is 5.69 Å². The molecule has 2 aromatic rings. The number of ether oxygens (including phenoxy) is 1. The van der Waals surface area contributed by atoms with Gasteiger partial charge in [-0.25, -0.2) is 8.42 Å². The van der Waals surface area contributed by atoms with Gasteiger partial charge < -0.3 is 10.1 Å². The van der Waals surface area contributed by atoms with Crippen LogP contribution in [0.1, 0.15) is 36.9 Å². The fraction of sp³-hybridized carbons (Fsp3) is 0.350. The van der Waals surface area contributed by atoms with Crippen molar-refractivity contribution in [2.45, 2.75) is 37.6 Å². The largest absolute Gasteiger partial charge is 0.495 e. The van der Waals surface area contributed by atoms with Crippen molar-refractivity contribution in [3.05, 3.63) is 53.6 Å². The molecule has 0 radical (unpaired) electrons. The lowest BCUT2D eigenvalue weighted by molar-refractivity contribution is -0.114. The highest BCUT2D eigenvalue weighted by atomic mass is 32.2. The molecule has 7 heteroatoms. The predicted octanol–water partition coefficient (Wildman–Crippen LogP) is 3.49. The van der Waals surface area contributed by atoms with Crippen molar-refractivity contribution >= 4 is 21.6 Å². The third-order valence-electron chi connectivity index (χ3n) is 4.75. The number of carbonyl (C=O) groups is 1. The Kier molecular flexibility index (Phi) is 5.53. The first-order valence-electron chi connectivity index (χ1n) is 8.87. The van der Waals surface area contributed by atoms with Crippen molar-refractivity contribution in [2.75, 3.05) is 19.0 Å². The molecule has 0 aliphatic carbocycles. The highest BCUT2D eigenvalue weighted by Gasteiger charge is 2.36. The smallest absolute Gasteiger partial charge is 0.243 e. The van der Waals surface area contributed by atoms with Crippen LogP contribution in [0, 0.1) is 6.92 Å². The number of benzene rings is 2. The van der Waals surface area contributed by atoms with Gasteiger partial charge in [-0.2, -0.15) is 4.31 Å². The lowest BCUT2D eigenvalue weighted by atomic mass is 10.0. The molecule has 1 aliphatic rings. The normalized spacial score (nSPS) is 17.7. The second-order valence-corrected chi connectivity index (χ2v) is 8.62. The third-order valence-corrected chi connectivity index (χ3v) is 6.66. The number of anilines is 1. The van der Waals surface area contributed by atoms with Gasteiger partial charge in [0.05, 0.1) is 23.7 Å². The lowest BCUT2D eigenvalue weighted by Gasteiger charge is -2.25. The van der Waals surface area contributed by atoms with E-state index in [0.717, 1.165) is 24.0 Å². The minimum atomic E-state index is -3.70. The molecule has 0 spiro atoms. The van der Waals surface area contributed by atoms with Crippen LogP contribution in [0.25, 0.3) is 0 Å². The van der Waals surface area contributed by atoms with E-state index in [9.17, 15) is 13.2 Å². The number of sulfonamides is 1. The maximum atomic E-state index is 13.3. The molecular weight excluding hydrogens is 364 g/mol. The molecule has 1 N–H and O–H groups in total. The summed E-state index contributed by atoms with van der Waals surface area (Å²) in [6.45, 7) is 3.85. The van der Waals surface area contributed by atoms with Crippen molar-refractivity contribution in [2.24, 2.45) is 0 Å². The Hall–Kier alpha value is -2.38. The Morgan fingerprint density at radius 1 is 1.19 bits per heavy atom. The summed E-state index contributed by atoms with van der Waals surface area (Å²) in [5.74, 6) is 0.127. The number of amides is 1. The predicted molar refractivity (Wildman–Crippen MR) is 104 cm³/mol. The van der Waals surface area contributed by atoms with Crippen molar-refractivity contribution in [3.63, 3.8) is 0 Å². The summed E-state index contributed by atoms with van der Waals surface area (Å²) in [5.41, 5.74) is 2.48. The molecule has 27 heavy (non-hydrogen) atoms. The van der Waals surface area contributed by atoms with Crippen LogP contribution in [0.2, 0.25) is 0 Å². The molecule has 0 saturated carbocycles. The fourth-order valence-corrected chi connectivity index (χ4v) is 5.13. The SMILES string of the molecule is COc1ccc(S(=O)(=O)N2CCCC2c2ccc(C)cc2)cc1NC(C)=O. The highest BCUT2D eigenvalue weighted by Crippen LogP contribution is 2.38. The van der Waals surface area contributed by atoms with Gasteiger partial charge in [-0.1, -0.05) is 29.8 Å². The first-order chi connectivity index (χ1) is 12.8. The van der Waals surface area contributed by atoms with E-state index in [2.05, 4.69) is 5.32 Å². The molecule has 1 atom stereocenters. The maximum Gasteiger partial charge on any atom is 0.243 e. The molecule has 3 rings (SSSR count). The van der Waals surface area contributed by atoms with E-state index in [-0.39, 0.29) is 16.8 Å². The molecule has 0 bridgehead atoms. The van der Waals surface area contributed by atoms with Gasteiger partial charge in [0.15, 0.2) is 0 Å². The van der Waals surface area contributed by atoms with E-state index >= 15 is 0 Å². The van der Waals surface area contributed by atoms with E-state index in [0.29, 0.717) is 18.0 Å². The van der Waals surface area contributed by atoms with Gasteiger partial charge in [0.2, 0.25) is 15.9 Å². The molecule has 1 fully saturated rings. The third kappa shape index (κ3) is 3.99. The first kappa shape index (κ1) is 19.4. The molecule has 2 aromatic carbocycles. The monoisotopic (exact) mass is 388 g/mol. The van der Waals surface area contributed by atoms with E-state index in [1.165, 1.54) is 26.2 Å². The summed E-state index contributed by atoms with van der Waals surface area (Å²) < 4.78 is 33.4. The molecule has 6 nitrogen and oxygen atoms in total. The summed E-state index contributed by atoms with van der Waals surface area (Å²) in [6.07, 6.45) is 1.60. The first-order valence-corrected chi connectivity index (χ1v) is 10.3.